The lowest BCUT2D eigenvalue weighted by molar-refractivity contribution is 0.212. The highest BCUT2D eigenvalue weighted by Gasteiger charge is 2.23. The Morgan fingerprint density at radius 3 is 3.05 bits per heavy atom. The zero-order valence-corrected chi connectivity index (χ0v) is 14.6. The van der Waals surface area contributed by atoms with Crippen molar-refractivity contribution in [3.63, 3.8) is 0 Å². The molecular weight excluding hydrogens is 385 g/mol. The lowest BCUT2D eigenvalue weighted by Crippen LogP contribution is -2.34. The molecule has 0 radical (unpaired) electrons. The zero-order valence-electron chi connectivity index (χ0n) is 11.6. The van der Waals surface area contributed by atoms with Gasteiger partial charge in [-0.1, -0.05) is 0 Å². The Balaban J connectivity index is 2.08. The molecule has 5 heteroatoms. The van der Waals surface area contributed by atoms with Crippen LogP contribution in [0.5, 0.6) is 0 Å². The fourth-order valence-corrected chi connectivity index (χ4v) is 3.78. The SMILES string of the molecule is CN1CCCC(n2c(CCCl)nc3cc(I)ccc32)C1. The first-order chi connectivity index (χ1) is 9.69. The van der Waals surface area contributed by atoms with Crippen molar-refractivity contribution < 1.29 is 0 Å². The number of benzene rings is 1. The lowest BCUT2D eigenvalue weighted by Gasteiger charge is -2.32. The molecule has 3 nitrogen and oxygen atoms in total. The third-order valence-corrected chi connectivity index (χ3v) is 4.87. The Hall–Kier alpha value is -0.330. The van der Waals surface area contributed by atoms with Gasteiger partial charge in [-0.25, -0.2) is 4.98 Å². The van der Waals surface area contributed by atoms with Crippen molar-refractivity contribution in [1.82, 2.24) is 14.5 Å². The molecule has 1 atom stereocenters. The van der Waals surface area contributed by atoms with Gasteiger partial charge in [0, 0.05) is 28.5 Å². The number of halogens is 2. The smallest absolute Gasteiger partial charge is 0.111 e. The van der Waals surface area contributed by atoms with E-state index in [4.69, 9.17) is 16.6 Å². The van der Waals surface area contributed by atoms with Gasteiger partial charge in [0.1, 0.15) is 5.82 Å². The number of alkyl halides is 1. The average molecular weight is 404 g/mol. The van der Waals surface area contributed by atoms with Gasteiger partial charge in [0.15, 0.2) is 0 Å². The maximum atomic E-state index is 5.97. The summed E-state index contributed by atoms with van der Waals surface area (Å²) in [7, 11) is 2.20. The number of rotatable bonds is 3. The van der Waals surface area contributed by atoms with Crippen LogP contribution in [0.1, 0.15) is 24.7 Å². The number of aryl methyl sites for hydroxylation is 1. The molecule has 1 unspecified atom stereocenters. The number of imidazole rings is 1. The van der Waals surface area contributed by atoms with Crippen molar-refractivity contribution in [1.29, 1.82) is 0 Å². The number of fused-ring (bicyclic) bond motifs is 1. The van der Waals surface area contributed by atoms with Gasteiger partial charge in [0.2, 0.25) is 0 Å². The predicted molar refractivity (Wildman–Crippen MR) is 92.6 cm³/mol. The van der Waals surface area contributed by atoms with Gasteiger partial charge >= 0.3 is 0 Å². The molecule has 108 valence electrons. The van der Waals surface area contributed by atoms with Crippen molar-refractivity contribution in [3.05, 3.63) is 27.6 Å². The fraction of sp³-hybridized carbons (Fsp3) is 0.533. The number of piperidine rings is 1. The van der Waals surface area contributed by atoms with Gasteiger partial charge in [-0.2, -0.15) is 0 Å². The molecule has 0 N–H and O–H groups in total. The minimum atomic E-state index is 0.525. The van der Waals surface area contributed by atoms with Crippen LogP contribution >= 0.6 is 34.2 Å². The number of nitrogens with zero attached hydrogens (tertiary/aromatic N) is 3. The second-order valence-corrected chi connectivity index (χ2v) is 7.15. The maximum absolute atomic E-state index is 5.97. The third-order valence-electron chi connectivity index (χ3n) is 4.01. The third kappa shape index (κ3) is 2.83. The second kappa shape index (κ2) is 6.20. The summed E-state index contributed by atoms with van der Waals surface area (Å²) in [6.45, 7) is 2.30. The number of likely N-dealkylation sites (N-methyl/N-ethyl adjacent to an activating group) is 1. The van der Waals surface area contributed by atoms with Gasteiger partial charge in [-0.15, -0.1) is 11.6 Å². The molecule has 20 heavy (non-hydrogen) atoms. The second-order valence-electron chi connectivity index (χ2n) is 5.53. The Bertz CT molecular complexity index is 610. The molecule has 0 aliphatic carbocycles. The van der Waals surface area contributed by atoms with E-state index in [1.54, 1.807) is 0 Å². The number of likely N-dealkylation sites (tertiary alicyclic amines) is 1. The van der Waals surface area contributed by atoms with Crippen LogP contribution in [0.4, 0.5) is 0 Å². The highest BCUT2D eigenvalue weighted by Crippen LogP contribution is 2.28. The summed E-state index contributed by atoms with van der Waals surface area (Å²) in [4.78, 5) is 7.23. The molecule has 2 aromatic rings. The molecule has 1 aromatic carbocycles. The zero-order chi connectivity index (χ0) is 14.1. The minimum Gasteiger partial charge on any atom is -0.324 e. The summed E-state index contributed by atoms with van der Waals surface area (Å²) in [6, 6.07) is 7.06. The van der Waals surface area contributed by atoms with Gasteiger partial charge in [-0.05, 0) is 67.2 Å². The van der Waals surface area contributed by atoms with Gasteiger partial charge < -0.3 is 9.47 Å². The van der Waals surface area contributed by atoms with E-state index in [1.807, 2.05) is 0 Å². The molecule has 0 saturated carbocycles. The maximum Gasteiger partial charge on any atom is 0.111 e. The van der Waals surface area contributed by atoms with Crippen LogP contribution in [0, 0.1) is 3.57 Å². The van der Waals surface area contributed by atoms with E-state index in [9.17, 15) is 0 Å². The van der Waals surface area contributed by atoms with Crippen LogP contribution in [0.3, 0.4) is 0 Å². The normalized spacial score (nSPS) is 20.6. The van der Waals surface area contributed by atoms with Gasteiger partial charge in [-0.3, -0.25) is 0 Å². The molecule has 1 fully saturated rings. The summed E-state index contributed by atoms with van der Waals surface area (Å²) in [6.07, 6.45) is 3.33. The van der Waals surface area contributed by atoms with Crippen LogP contribution in [0.15, 0.2) is 18.2 Å². The van der Waals surface area contributed by atoms with E-state index in [1.165, 1.54) is 28.5 Å². The van der Waals surface area contributed by atoms with Crippen LogP contribution in [-0.2, 0) is 6.42 Å². The van der Waals surface area contributed by atoms with Crippen molar-refractivity contribution in [2.75, 3.05) is 26.0 Å². The number of hydrogen-bond acceptors (Lipinski definition) is 2. The van der Waals surface area contributed by atoms with E-state index in [-0.39, 0.29) is 0 Å². The summed E-state index contributed by atoms with van der Waals surface area (Å²) in [5, 5.41) is 0. The summed E-state index contributed by atoms with van der Waals surface area (Å²) in [5.41, 5.74) is 2.36. The fourth-order valence-electron chi connectivity index (χ4n) is 3.14. The molecule has 2 heterocycles. The first-order valence-electron chi connectivity index (χ1n) is 7.10. The van der Waals surface area contributed by atoms with Crippen LogP contribution in [0.2, 0.25) is 0 Å². The van der Waals surface area contributed by atoms with Crippen LogP contribution in [0.25, 0.3) is 11.0 Å². The Morgan fingerprint density at radius 1 is 1.45 bits per heavy atom. The van der Waals surface area contributed by atoms with E-state index >= 15 is 0 Å². The van der Waals surface area contributed by atoms with E-state index in [2.05, 4.69) is 57.3 Å². The summed E-state index contributed by atoms with van der Waals surface area (Å²) < 4.78 is 3.67. The van der Waals surface area contributed by atoms with E-state index < -0.39 is 0 Å². The largest absolute Gasteiger partial charge is 0.324 e. The molecule has 0 spiro atoms. The van der Waals surface area contributed by atoms with Gasteiger partial charge in [0.25, 0.3) is 0 Å². The molecular formula is C15H19ClIN3. The Morgan fingerprint density at radius 2 is 2.30 bits per heavy atom. The summed E-state index contributed by atoms with van der Waals surface area (Å²) >= 11 is 8.31. The Kier molecular flexibility index (Phi) is 4.52. The Labute approximate surface area is 138 Å². The molecule has 0 amide bonds. The molecule has 0 bridgehead atoms. The van der Waals surface area contributed by atoms with Crippen molar-refractivity contribution in [3.8, 4) is 0 Å². The molecule has 1 aliphatic rings. The van der Waals surface area contributed by atoms with E-state index in [0.29, 0.717) is 11.9 Å². The highest BCUT2D eigenvalue weighted by molar-refractivity contribution is 14.1. The number of aromatic nitrogens is 2. The van der Waals surface area contributed by atoms with Crippen molar-refractivity contribution in [2.24, 2.45) is 0 Å². The van der Waals surface area contributed by atoms with Crippen LogP contribution in [-0.4, -0.2) is 40.5 Å². The predicted octanol–water partition coefficient (Wildman–Crippen LogP) is 3.69. The molecule has 1 saturated heterocycles. The monoisotopic (exact) mass is 403 g/mol. The average Bonchev–Trinajstić information content (AvgIpc) is 2.76. The first kappa shape index (κ1) is 14.6. The first-order valence-corrected chi connectivity index (χ1v) is 8.71. The minimum absolute atomic E-state index is 0.525. The standard InChI is InChI=1S/C15H19ClIN3/c1-19-8-2-3-12(10-19)20-14-5-4-11(17)9-13(14)18-15(20)6-7-16/h4-5,9,12H,2-3,6-8,10H2,1H3. The van der Waals surface area contributed by atoms with E-state index in [0.717, 1.165) is 24.3 Å². The molecule has 3 rings (SSSR count). The molecule has 1 aliphatic heterocycles. The van der Waals surface area contributed by atoms with Gasteiger partial charge in [0.05, 0.1) is 11.0 Å². The van der Waals surface area contributed by atoms with Crippen molar-refractivity contribution in [2.45, 2.75) is 25.3 Å². The highest BCUT2D eigenvalue weighted by atomic mass is 127. The lowest BCUT2D eigenvalue weighted by atomic mass is 10.1. The van der Waals surface area contributed by atoms with Crippen molar-refractivity contribution >= 4 is 45.2 Å². The topological polar surface area (TPSA) is 21.1 Å². The van der Waals surface area contributed by atoms with Crippen LogP contribution < -0.4 is 0 Å². The number of hydrogen-bond donors (Lipinski definition) is 0. The summed E-state index contributed by atoms with van der Waals surface area (Å²) in [5.74, 6) is 1.76. The molecule has 1 aromatic heterocycles. The quantitative estimate of drug-likeness (QED) is 0.576.